The van der Waals surface area contributed by atoms with Gasteiger partial charge in [0.2, 0.25) is 0 Å². The number of carboxylic acid groups (broad SMARTS) is 1. The van der Waals surface area contributed by atoms with Gasteiger partial charge in [-0.2, -0.15) is 0 Å². The van der Waals surface area contributed by atoms with Crippen molar-refractivity contribution in [3.05, 3.63) is 20.8 Å². The number of carbonyl (C=O) groups is 2. The van der Waals surface area contributed by atoms with Crippen molar-refractivity contribution in [1.29, 1.82) is 0 Å². The SMILES string of the molecule is Cc1csc(C(=O)N2CCC[C@@H]2C(=O)O)c1Cl. The molecule has 0 radical (unpaired) electrons. The van der Waals surface area contributed by atoms with Gasteiger partial charge in [-0.3, -0.25) is 4.79 Å². The molecule has 1 aromatic heterocycles. The first kappa shape index (κ1) is 12.4. The number of thiophene rings is 1. The van der Waals surface area contributed by atoms with Crippen LogP contribution in [-0.2, 0) is 4.79 Å². The molecule has 17 heavy (non-hydrogen) atoms. The lowest BCUT2D eigenvalue weighted by atomic mass is 10.2. The maximum atomic E-state index is 12.2. The number of aryl methyl sites for hydroxylation is 1. The Morgan fingerprint density at radius 1 is 1.59 bits per heavy atom. The Morgan fingerprint density at radius 2 is 2.29 bits per heavy atom. The zero-order valence-corrected chi connectivity index (χ0v) is 10.8. The summed E-state index contributed by atoms with van der Waals surface area (Å²) in [5.41, 5.74) is 0.853. The molecule has 0 unspecified atom stereocenters. The molecular formula is C11H12ClNO3S. The van der Waals surface area contributed by atoms with E-state index in [2.05, 4.69) is 0 Å². The molecule has 0 saturated carbocycles. The Balaban J connectivity index is 2.26. The van der Waals surface area contributed by atoms with Crippen LogP contribution in [0.15, 0.2) is 5.38 Å². The number of rotatable bonds is 2. The quantitative estimate of drug-likeness (QED) is 0.900. The fraction of sp³-hybridized carbons (Fsp3) is 0.455. The van der Waals surface area contributed by atoms with Crippen molar-refractivity contribution in [3.63, 3.8) is 0 Å². The minimum Gasteiger partial charge on any atom is -0.480 e. The largest absolute Gasteiger partial charge is 0.480 e. The minimum absolute atomic E-state index is 0.266. The summed E-state index contributed by atoms with van der Waals surface area (Å²) in [7, 11) is 0. The molecule has 0 aromatic carbocycles. The Morgan fingerprint density at radius 3 is 2.82 bits per heavy atom. The lowest BCUT2D eigenvalue weighted by Gasteiger charge is -2.20. The van der Waals surface area contributed by atoms with Crippen LogP contribution in [0, 0.1) is 6.92 Å². The number of amides is 1. The van der Waals surface area contributed by atoms with Crippen molar-refractivity contribution >= 4 is 34.8 Å². The zero-order chi connectivity index (χ0) is 12.6. The highest BCUT2D eigenvalue weighted by atomic mass is 35.5. The van der Waals surface area contributed by atoms with Gasteiger partial charge < -0.3 is 10.0 Å². The third-order valence-corrected chi connectivity index (χ3v) is 4.58. The normalized spacial score (nSPS) is 19.6. The molecule has 1 fully saturated rings. The number of carboxylic acids is 1. The second kappa shape index (κ2) is 4.66. The minimum atomic E-state index is -0.944. The maximum Gasteiger partial charge on any atom is 0.326 e. The Bertz CT molecular complexity index is 471. The summed E-state index contributed by atoms with van der Waals surface area (Å²) >= 11 is 7.29. The second-order valence-corrected chi connectivity index (χ2v) is 5.31. The average Bonchev–Trinajstić information content (AvgIpc) is 2.87. The van der Waals surface area contributed by atoms with E-state index in [0.717, 1.165) is 12.0 Å². The topological polar surface area (TPSA) is 57.6 Å². The fourth-order valence-corrected chi connectivity index (χ4v) is 3.20. The van der Waals surface area contributed by atoms with Crippen molar-refractivity contribution in [3.8, 4) is 0 Å². The van der Waals surface area contributed by atoms with E-state index in [0.29, 0.717) is 22.9 Å². The number of halogens is 1. The van der Waals surface area contributed by atoms with E-state index in [4.69, 9.17) is 16.7 Å². The molecular weight excluding hydrogens is 262 g/mol. The average molecular weight is 274 g/mol. The molecule has 0 spiro atoms. The lowest BCUT2D eigenvalue weighted by Crippen LogP contribution is -2.40. The van der Waals surface area contributed by atoms with Gasteiger partial charge in [0.25, 0.3) is 5.91 Å². The van der Waals surface area contributed by atoms with Crippen LogP contribution in [-0.4, -0.2) is 34.5 Å². The number of hydrogen-bond donors (Lipinski definition) is 1. The first-order valence-corrected chi connectivity index (χ1v) is 6.55. The molecule has 1 atom stereocenters. The summed E-state index contributed by atoms with van der Waals surface area (Å²) in [6.45, 7) is 2.32. The molecule has 2 heterocycles. The van der Waals surface area contributed by atoms with E-state index in [-0.39, 0.29) is 5.91 Å². The molecule has 1 amide bonds. The summed E-state index contributed by atoms with van der Waals surface area (Å²) in [6, 6.07) is -0.707. The zero-order valence-electron chi connectivity index (χ0n) is 9.27. The number of nitrogens with zero attached hydrogens (tertiary/aromatic N) is 1. The summed E-state index contributed by atoms with van der Waals surface area (Å²) in [4.78, 5) is 25.0. The molecule has 92 valence electrons. The highest BCUT2D eigenvalue weighted by Crippen LogP contribution is 2.30. The predicted molar refractivity (Wildman–Crippen MR) is 65.8 cm³/mol. The molecule has 6 heteroatoms. The van der Waals surface area contributed by atoms with Gasteiger partial charge in [-0.15, -0.1) is 11.3 Å². The third kappa shape index (κ3) is 2.17. The van der Waals surface area contributed by atoms with E-state index < -0.39 is 12.0 Å². The highest BCUT2D eigenvalue weighted by molar-refractivity contribution is 7.13. The first-order valence-electron chi connectivity index (χ1n) is 5.29. The van der Waals surface area contributed by atoms with Gasteiger partial charge in [0, 0.05) is 6.54 Å². The summed E-state index contributed by atoms with van der Waals surface area (Å²) in [5, 5.41) is 11.3. The van der Waals surface area contributed by atoms with E-state index in [1.54, 1.807) is 5.38 Å². The summed E-state index contributed by atoms with van der Waals surface area (Å²) < 4.78 is 0. The number of aliphatic carboxylic acids is 1. The number of hydrogen-bond acceptors (Lipinski definition) is 3. The molecule has 4 nitrogen and oxygen atoms in total. The van der Waals surface area contributed by atoms with Crippen molar-refractivity contribution < 1.29 is 14.7 Å². The summed E-state index contributed by atoms with van der Waals surface area (Å²) in [5.74, 6) is -1.21. The van der Waals surface area contributed by atoms with E-state index in [1.807, 2.05) is 6.92 Å². The predicted octanol–water partition coefficient (Wildman–Crippen LogP) is 2.40. The fourth-order valence-electron chi connectivity index (χ4n) is 1.97. The number of carbonyl (C=O) groups excluding carboxylic acids is 1. The van der Waals surface area contributed by atoms with Gasteiger partial charge in [-0.1, -0.05) is 11.6 Å². The Labute approximate surface area is 108 Å². The van der Waals surface area contributed by atoms with Crippen LogP contribution >= 0.6 is 22.9 Å². The smallest absolute Gasteiger partial charge is 0.326 e. The van der Waals surface area contributed by atoms with Gasteiger partial charge >= 0.3 is 5.97 Å². The van der Waals surface area contributed by atoms with Crippen LogP contribution in [0.2, 0.25) is 5.02 Å². The van der Waals surface area contributed by atoms with Crippen LogP contribution in [0.25, 0.3) is 0 Å². The Hall–Kier alpha value is -1.07. The number of likely N-dealkylation sites (tertiary alicyclic amines) is 1. The summed E-state index contributed by atoms with van der Waals surface area (Å²) in [6.07, 6.45) is 1.24. The third-order valence-electron chi connectivity index (χ3n) is 2.89. The van der Waals surface area contributed by atoms with Crippen molar-refractivity contribution in [2.45, 2.75) is 25.8 Å². The van der Waals surface area contributed by atoms with E-state index >= 15 is 0 Å². The van der Waals surface area contributed by atoms with Crippen LogP contribution < -0.4 is 0 Å². The second-order valence-electron chi connectivity index (χ2n) is 4.06. The highest BCUT2D eigenvalue weighted by Gasteiger charge is 2.35. The van der Waals surface area contributed by atoms with E-state index in [1.165, 1.54) is 16.2 Å². The maximum absolute atomic E-state index is 12.2. The Kier molecular flexibility index (Phi) is 3.40. The van der Waals surface area contributed by atoms with Crippen molar-refractivity contribution in [2.24, 2.45) is 0 Å². The molecule has 1 saturated heterocycles. The molecule has 1 aromatic rings. The van der Waals surface area contributed by atoms with Crippen LogP contribution in [0.4, 0.5) is 0 Å². The monoisotopic (exact) mass is 273 g/mol. The molecule has 0 bridgehead atoms. The van der Waals surface area contributed by atoms with Gasteiger partial charge in [0.05, 0.1) is 5.02 Å². The molecule has 0 aliphatic carbocycles. The van der Waals surface area contributed by atoms with Crippen LogP contribution in [0.3, 0.4) is 0 Å². The molecule has 1 N–H and O–H groups in total. The molecule has 2 rings (SSSR count). The molecule has 1 aliphatic heterocycles. The van der Waals surface area contributed by atoms with Gasteiger partial charge in [0.15, 0.2) is 0 Å². The lowest BCUT2D eigenvalue weighted by molar-refractivity contribution is -0.141. The first-order chi connectivity index (χ1) is 8.02. The van der Waals surface area contributed by atoms with Crippen LogP contribution in [0.1, 0.15) is 28.1 Å². The van der Waals surface area contributed by atoms with Gasteiger partial charge in [-0.05, 0) is 30.7 Å². The van der Waals surface area contributed by atoms with Gasteiger partial charge in [-0.25, -0.2) is 4.79 Å². The standard InChI is InChI=1S/C11H12ClNO3S/c1-6-5-17-9(8(6)12)10(14)13-4-2-3-7(13)11(15)16/h5,7H,2-4H2,1H3,(H,15,16)/t7-/m1/s1. The molecule has 1 aliphatic rings. The van der Waals surface area contributed by atoms with E-state index in [9.17, 15) is 9.59 Å². The van der Waals surface area contributed by atoms with Crippen molar-refractivity contribution in [2.75, 3.05) is 6.54 Å². The van der Waals surface area contributed by atoms with Crippen LogP contribution in [0.5, 0.6) is 0 Å². The van der Waals surface area contributed by atoms with Crippen molar-refractivity contribution in [1.82, 2.24) is 4.90 Å². The van der Waals surface area contributed by atoms with Gasteiger partial charge in [0.1, 0.15) is 10.9 Å².